The molecule has 334 valence electrons. The highest BCUT2D eigenvalue weighted by Gasteiger charge is 2.25. The number of fused-ring (bicyclic) bond motifs is 18. The topological polar surface area (TPSA) is 66.3 Å². The number of nitrogens with zero attached hydrogens (tertiary/aromatic N) is 3. The van der Waals surface area contributed by atoms with Gasteiger partial charge in [0, 0.05) is 83.0 Å². The van der Waals surface area contributed by atoms with Crippen LogP contribution in [0.5, 0.6) is 0 Å². The Kier molecular flexibility index (Phi) is 7.35. The molecule has 0 spiro atoms. The van der Waals surface area contributed by atoms with Crippen LogP contribution in [-0.4, -0.2) is 9.13 Å². The molecule has 0 saturated carbocycles. The average molecular weight is 923 g/mol. The fourth-order valence-electron chi connectivity index (χ4n) is 12.0. The summed E-state index contributed by atoms with van der Waals surface area (Å²) in [7, 11) is 0. The van der Waals surface area contributed by atoms with Crippen molar-refractivity contribution < 1.29 is 22.2 Å². The van der Waals surface area contributed by atoms with E-state index in [0.29, 0.717) is 0 Å². The lowest BCUT2D eigenvalue weighted by Crippen LogP contribution is -2.30. The number of hydrogen-bond acceptors (Lipinski definition) is 4. The molecule has 0 aliphatic heterocycles. The summed E-state index contributed by atoms with van der Waals surface area (Å²) >= 11 is 0. The van der Waals surface area contributed by atoms with Crippen molar-refractivity contribution in [1.82, 2.24) is 9.13 Å². The van der Waals surface area contributed by atoms with Gasteiger partial charge in [-0.1, -0.05) is 115 Å². The summed E-state index contributed by atoms with van der Waals surface area (Å²) in [5, 5.41) is 13.1. The molecule has 72 heavy (non-hydrogen) atoms. The highest BCUT2D eigenvalue weighted by atomic mass is 16.4. The van der Waals surface area contributed by atoms with Gasteiger partial charge in [0.15, 0.2) is 17.4 Å². The van der Waals surface area contributed by atoms with E-state index in [-0.39, 0.29) is 0 Å². The highest BCUT2D eigenvalue weighted by molar-refractivity contribution is 6.19. The number of para-hydroxylation sites is 7. The molecule has 0 amide bonds. The molecule has 0 aliphatic carbocycles. The molecule has 10 aromatic carbocycles. The minimum Gasteiger partial charge on any atom is -0.455 e. The third kappa shape index (κ3) is 5.05. The van der Waals surface area contributed by atoms with Crippen molar-refractivity contribution in [1.29, 1.82) is 0 Å². The Balaban J connectivity index is 0.745. The van der Waals surface area contributed by atoms with Gasteiger partial charge in [0.05, 0.1) is 38.8 Å². The van der Waals surface area contributed by atoms with Gasteiger partial charge in [-0.2, -0.15) is 0 Å². The number of aromatic nitrogens is 3. The minimum absolute atomic E-state index is 0.765. The molecular formula is C65H36N3O4+. The van der Waals surface area contributed by atoms with Crippen LogP contribution in [0.3, 0.4) is 0 Å². The first-order valence-corrected chi connectivity index (χ1v) is 24.3. The summed E-state index contributed by atoms with van der Waals surface area (Å²) in [4.78, 5) is 0. The average Bonchev–Trinajstić information content (AvgIpc) is 4.29. The predicted octanol–water partition coefficient (Wildman–Crippen LogP) is 17.4. The van der Waals surface area contributed by atoms with Crippen LogP contribution >= 0.6 is 0 Å². The molecule has 7 nitrogen and oxygen atoms in total. The van der Waals surface area contributed by atoms with Crippen molar-refractivity contribution in [2.75, 3.05) is 0 Å². The summed E-state index contributed by atoms with van der Waals surface area (Å²) in [6, 6.07) is 74.9. The van der Waals surface area contributed by atoms with Crippen LogP contribution in [0.15, 0.2) is 236 Å². The Morgan fingerprint density at radius 3 is 1.18 bits per heavy atom. The van der Waals surface area contributed by atoms with E-state index in [1.165, 1.54) is 21.5 Å². The van der Waals surface area contributed by atoms with Crippen LogP contribution in [0, 0.1) is 0 Å². The third-order valence-electron chi connectivity index (χ3n) is 15.2. The molecule has 0 atom stereocenters. The van der Waals surface area contributed by atoms with Gasteiger partial charge in [0.1, 0.15) is 27.9 Å². The maximum Gasteiger partial charge on any atom is 0.387 e. The van der Waals surface area contributed by atoms with Crippen LogP contribution in [0.4, 0.5) is 0 Å². The molecule has 17 rings (SSSR count). The van der Waals surface area contributed by atoms with E-state index in [2.05, 4.69) is 232 Å². The molecular weight excluding hydrogens is 887 g/mol. The molecule has 7 heteroatoms. The third-order valence-corrected chi connectivity index (χ3v) is 15.2. The Morgan fingerprint density at radius 1 is 0.292 bits per heavy atom. The SMILES string of the molecule is c1cc(-c2ccc(-[n+]3cccc4c5cc6oc7c(-n8c9ccccc9c9ccccc98)cccc7c6cc5oc43)cc2)c2oc3cc4c(cc3c2c1)oc1c(-n2c3ccccc3c3ccccc32)cccc14. The lowest BCUT2D eigenvalue weighted by Gasteiger charge is -2.08. The van der Waals surface area contributed by atoms with E-state index in [1.54, 1.807) is 0 Å². The first-order chi connectivity index (χ1) is 35.7. The van der Waals surface area contributed by atoms with E-state index in [9.17, 15) is 0 Å². The quantitative estimate of drug-likeness (QED) is 0.165. The zero-order chi connectivity index (χ0) is 46.8. The van der Waals surface area contributed by atoms with Crippen molar-refractivity contribution in [3.8, 4) is 28.2 Å². The molecule has 0 fully saturated rings. The number of benzene rings is 10. The van der Waals surface area contributed by atoms with E-state index in [1.807, 2.05) is 0 Å². The first-order valence-electron chi connectivity index (χ1n) is 24.3. The van der Waals surface area contributed by atoms with Gasteiger partial charge in [0.25, 0.3) is 0 Å². The summed E-state index contributed by atoms with van der Waals surface area (Å²) < 4.78 is 34.1. The monoisotopic (exact) mass is 922 g/mol. The molecule has 0 unspecified atom stereocenters. The van der Waals surface area contributed by atoms with E-state index >= 15 is 0 Å². The zero-order valence-electron chi connectivity index (χ0n) is 38.3. The van der Waals surface area contributed by atoms with Gasteiger partial charge in [-0.25, -0.2) is 0 Å². The predicted molar refractivity (Wildman–Crippen MR) is 291 cm³/mol. The van der Waals surface area contributed by atoms with Crippen molar-refractivity contribution in [3.63, 3.8) is 0 Å². The molecule has 0 radical (unpaired) electrons. The second-order valence-electron chi connectivity index (χ2n) is 19.0. The first kappa shape index (κ1) is 38.1. The summed E-state index contributed by atoms with van der Waals surface area (Å²) in [5.41, 5.74) is 16.2. The zero-order valence-corrected chi connectivity index (χ0v) is 38.3. The number of pyridine rings is 1. The largest absolute Gasteiger partial charge is 0.455 e. The van der Waals surface area contributed by atoms with Crippen LogP contribution < -0.4 is 4.57 Å². The van der Waals surface area contributed by atoms with Crippen LogP contribution in [0.2, 0.25) is 0 Å². The van der Waals surface area contributed by atoms with E-state index in [0.717, 1.165) is 138 Å². The molecule has 0 bridgehead atoms. The standard InChI is InChI=1S/C65H36N3O4/c1-5-22-52-40(13-1)41-14-2-6-23-53(41)67(52)56-26-10-19-45-49-34-58-48(33-59(49)70-63(45)56)44-18-9-17-39(62(44)69-58)37-28-30-38(31-29-37)66-32-12-21-47-51-36-60-50(35-61(51)72-65(47)66)46-20-11-27-57(64(46)71-60)68-54-24-7-3-15-42(54)43-16-4-8-25-55(43)68/h1-36H/q+1. The molecule has 7 heterocycles. The second-order valence-corrected chi connectivity index (χ2v) is 19.0. The van der Waals surface area contributed by atoms with E-state index < -0.39 is 0 Å². The van der Waals surface area contributed by atoms with Crippen LogP contribution in [0.25, 0.3) is 160 Å². The van der Waals surface area contributed by atoms with Crippen molar-refractivity contribution in [2.45, 2.75) is 0 Å². The Morgan fingerprint density at radius 2 is 0.681 bits per heavy atom. The van der Waals surface area contributed by atoms with Crippen LogP contribution in [0.1, 0.15) is 0 Å². The fourth-order valence-corrected chi connectivity index (χ4v) is 12.0. The van der Waals surface area contributed by atoms with Gasteiger partial charge in [-0.05, 0) is 84.4 Å². The molecule has 17 aromatic rings. The van der Waals surface area contributed by atoms with Gasteiger partial charge < -0.3 is 26.8 Å². The summed E-state index contributed by atoms with van der Waals surface area (Å²) in [6.07, 6.45) is 2.06. The van der Waals surface area contributed by atoms with Gasteiger partial charge in [0.2, 0.25) is 5.69 Å². The molecule has 7 aromatic heterocycles. The Labute approximate surface area is 407 Å². The lowest BCUT2D eigenvalue weighted by molar-refractivity contribution is -0.574. The van der Waals surface area contributed by atoms with Crippen molar-refractivity contribution >= 4 is 131 Å². The van der Waals surface area contributed by atoms with Crippen molar-refractivity contribution in [2.24, 2.45) is 0 Å². The Hall–Kier alpha value is -9.85. The maximum atomic E-state index is 6.85. The number of hydrogen-bond donors (Lipinski definition) is 0. The number of furan rings is 4. The van der Waals surface area contributed by atoms with Gasteiger partial charge in [-0.3, -0.25) is 0 Å². The smallest absolute Gasteiger partial charge is 0.387 e. The summed E-state index contributed by atoms with van der Waals surface area (Å²) in [5.74, 6) is 0. The maximum absolute atomic E-state index is 6.85. The molecule has 0 saturated heterocycles. The highest BCUT2D eigenvalue weighted by Crippen LogP contribution is 2.44. The van der Waals surface area contributed by atoms with Crippen molar-refractivity contribution in [3.05, 3.63) is 219 Å². The second kappa shape index (κ2) is 13.9. The minimum atomic E-state index is 0.765. The van der Waals surface area contributed by atoms with Gasteiger partial charge in [-0.15, -0.1) is 4.57 Å². The normalized spacial score (nSPS) is 12.4. The molecule has 0 N–H and O–H groups in total. The van der Waals surface area contributed by atoms with E-state index in [4.69, 9.17) is 17.7 Å². The summed E-state index contributed by atoms with van der Waals surface area (Å²) in [6.45, 7) is 0. The van der Waals surface area contributed by atoms with Gasteiger partial charge >= 0.3 is 5.71 Å². The van der Waals surface area contributed by atoms with Crippen LogP contribution in [-0.2, 0) is 0 Å². The lowest BCUT2D eigenvalue weighted by atomic mass is 10.0. The fraction of sp³-hybridized carbons (Fsp3) is 0. The molecule has 0 aliphatic rings. The number of rotatable bonds is 4. The Bertz CT molecular complexity index is 4740.